The summed E-state index contributed by atoms with van der Waals surface area (Å²) >= 11 is 0. The van der Waals surface area contributed by atoms with E-state index in [1.807, 2.05) is 29.8 Å². The number of hydrogen-bond acceptors (Lipinski definition) is 3. The normalized spacial score (nSPS) is 18.8. The number of fused-ring (bicyclic) bond motifs is 1. The second-order valence-electron chi connectivity index (χ2n) is 4.94. The maximum atomic E-state index is 12.1. The molecule has 2 heterocycles. The third-order valence-electron chi connectivity index (χ3n) is 3.38. The van der Waals surface area contributed by atoms with Crippen molar-refractivity contribution in [1.82, 2.24) is 14.8 Å². The summed E-state index contributed by atoms with van der Waals surface area (Å²) in [6.45, 7) is 4.00. The Kier molecular flexibility index (Phi) is 2.51. The lowest BCUT2D eigenvalue weighted by molar-refractivity contribution is 0.0952. The summed E-state index contributed by atoms with van der Waals surface area (Å²) in [5.41, 5.74) is 2.63. The van der Waals surface area contributed by atoms with Gasteiger partial charge in [0.15, 0.2) is 11.6 Å². The second-order valence-corrected chi connectivity index (χ2v) is 4.94. The third-order valence-corrected chi connectivity index (χ3v) is 3.38. The van der Waals surface area contributed by atoms with Gasteiger partial charge in [-0.3, -0.25) is 4.79 Å². The number of carbonyl (C=O) groups is 1. The van der Waals surface area contributed by atoms with E-state index in [-0.39, 0.29) is 5.78 Å². The van der Waals surface area contributed by atoms with Crippen LogP contribution in [-0.4, -0.2) is 20.5 Å². The number of Topliss-reactive ketones (excluding diaryl/α,β-unsaturated/α-hetero) is 1. The van der Waals surface area contributed by atoms with Crippen LogP contribution in [0.25, 0.3) is 5.82 Å². The van der Waals surface area contributed by atoms with Crippen molar-refractivity contribution in [2.45, 2.75) is 26.7 Å². The van der Waals surface area contributed by atoms with Gasteiger partial charge in [0.1, 0.15) is 0 Å². The Morgan fingerprint density at radius 2 is 2.17 bits per heavy atom. The minimum atomic E-state index is 0.212. The van der Waals surface area contributed by atoms with E-state index in [1.54, 1.807) is 6.20 Å². The number of pyridine rings is 1. The third kappa shape index (κ3) is 1.65. The zero-order valence-electron chi connectivity index (χ0n) is 10.6. The molecule has 0 amide bonds. The first-order valence-electron chi connectivity index (χ1n) is 6.20. The molecular formula is C14H15N3O. The number of rotatable bonds is 1. The van der Waals surface area contributed by atoms with Gasteiger partial charge in [-0.1, -0.05) is 13.0 Å². The van der Waals surface area contributed by atoms with Crippen molar-refractivity contribution >= 4 is 5.78 Å². The molecule has 0 radical (unpaired) electrons. The van der Waals surface area contributed by atoms with Crippen LogP contribution < -0.4 is 0 Å². The molecule has 1 atom stereocenters. The summed E-state index contributed by atoms with van der Waals surface area (Å²) in [4.78, 5) is 16.4. The molecule has 0 aliphatic heterocycles. The summed E-state index contributed by atoms with van der Waals surface area (Å²) in [6, 6.07) is 5.72. The Bertz CT molecular complexity index is 601. The van der Waals surface area contributed by atoms with Crippen molar-refractivity contribution in [3.63, 3.8) is 0 Å². The highest BCUT2D eigenvalue weighted by Gasteiger charge is 2.29. The van der Waals surface area contributed by atoms with Crippen LogP contribution >= 0.6 is 0 Å². The highest BCUT2D eigenvalue weighted by molar-refractivity contribution is 5.99. The minimum absolute atomic E-state index is 0.212. The zero-order chi connectivity index (χ0) is 12.7. The maximum absolute atomic E-state index is 12.1. The number of carbonyl (C=O) groups excluding carboxylic acids is 1. The van der Waals surface area contributed by atoms with E-state index < -0.39 is 0 Å². The van der Waals surface area contributed by atoms with Crippen LogP contribution in [0.3, 0.4) is 0 Å². The summed E-state index contributed by atoms with van der Waals surface area (Å²) < 4.78 is 1.82. The van der Waals surface area contributed by atoms with Crippen LogP contribution in [0.1, 0.15) is 35.1 Å². The molecule has 0 aromatic carbocycles. The predicted molar refractivity (Wildman–Crippen MR) is 67.9 cm³/mol. The summed E-state index contributed by atoms with van der Waals surface area (Å²) in [6.07, 6.45) is 3.26. The molecule has 4 nitrogen and oxygen atoms in total. The highest BCUT2D eigenvalue weighted by Crippen LogP contribution is 2.28. The summed E-state index contributed by atoms with van der Waals surface area (Å²) in [7, 11) is 0. The topological polar surface area (TPSA) is 47.8 Å². The van der Waals surface area contributed by atoms with Gasteiger partial charge in [-0.05, 0) is 31.4 Å². The van der Waals surface area contributed by atoms with Crippen molar-refractivity contribution in [3.05, 3.63) is 41.3 Å². The fourth-order valence-electron chi connectivity index (χ4n) is 2.62. The number of nitrogens with zero attached hydrogens (tertiary/aromatic N) is 3. The van der Waals surface area contributed by atoms with Crippen molar-refractivity contribution in [2.24, 2.45) is 5.92 Å². The predicted octanol–water partition coefficient (Wildman–Crippen LogP) is 2.34. The molecule has 1 aliphatic rings. The van der Waals surface area contributed by atoms with Crippen LogP contribution in [0.2, 0.25) is 0 Å². The molecule has 18 heavy (non-hydrogen) atoms. The average Bonchev–Trinajstić information content (AvgIpc) is 2.67. The van der Waals surface area contributed by atoms with Gasteiger partial charge in [0.2, 0.25) is 0 Å². The van der Waals surface area contributed by atoms with Gasteiger partial charge in [-0.2, -0.15) is 5.10 Å². The van der Waals surface area contributed by atoms with E-state index in [0.717, 1.165) is 29.2 Å². The van der Waals surface area contributed by atoms with Crippen molar-refractivity contribution in [2.75, 3.05) is 0 Å². The molecule has 0 saturated heterocycles. The van der Waals surface area contributed by atoms with E-state index >= 15 is 0 Å². The molecule has 3 rings (SSSR count). The first-order valence-corrected chi connectivity index (χ1v) is 6.20. The van der Waals surface area contributed by atoms with Crippen molar-refractivity contribution in [1.29, 1.82) is 0 Å². The van der Waals surface area contributed by atoms with Gasteiger partial charge >= 0.3 is 0 Å². The van der Waals surface area contributed by atoms with Crippen molar-refractivity contribution < 1.29 is 4.79 Å². The maximum Gasteiger partial charge on any atom is 0.166 e. The second kappa shape index (κ2) is 4.05. The van der Waals surface area contributed by atoms with Crippen molar-refractivity contribution in [3.8, 4) is 5.82 Å². The molecule has 0 fully saturated rings. The lowest BCUT2D eigenvalue weighted by Crippen LogP contribution is -2.20. The van der Waals surface area contributed by atoms with Gasteiger partial charge < -0.3 is 0 Å². The van der Waals surface area contributed by atoms with Gasteiger partial charge in [-0.25, -0.2) is 9.67 Å². The quantitative estimate of drug-likeness (QED) is 0.770. The van der Waals surface area contributed by atoms with E-state index in [2.05, 4.69) is 17.0 Å². The molecule has 0 spiro atoms. The molecule has 0 bridgehead atoms. The van der Waals surface area contributed by atoms with E-state index in [1.165, 1.54) is 0 Å². The highest BCUT2D eigenvalue weighted by atomic mass is 16.1. The van der Waals surface area contributed by atoms with Gasteiger partial charge in [-0.15, -0.1) is 0 Å². The lowest BCUT2D eigenvalue weighted by Gasteiger charge is -2.18. The number of ketones is 1. The van der Waals surface area contributed by atoms with Gasteiger partial charge in [0, 0.05) is 12.6 Å². The molecule has 4 heteroatoms. The molecule has 2 aromatic rings. The molecule has 92 valence electrons. The minimum Gasteiger partial charge on any atom is -0.294 e. The standard InChI is InChI=1S/C14H15N3O/c1-9-7-11-14(12(18)8-9)10(2)16-17(11)13-5-3-4-6-15-13/h3-6,9H,7-8H2,1-2H3. The number of hydrogen-bond donors (Lipinski definition) is 0. The Balaban J connectivity index is 2.19. The molecule has 0 N–H and O–H groups in total. The Morgan fingerprint density at radius 1 is 1.33 bits per heavy atom. The number of aromatic nitrogens is 3. The molecule has 0 saturated carbocycles. The largest absolute Gasteiger partial charge is 0.294 e. The Morgan fingerprint density at radius 3 is 2.89 bits per heavy atom. The van der Waals surface area contributed by atoms with Crippen LogP contribution in [0.15, 0.2) is 24.4 Å². The van der Waals surface area contributed by atoms with Crippen LogP contribution in [0.5, 0.6) is 0 Å². The van der Waals surface area contributed by atoms with Crippen LogP contribution in [0.4, 0.5) is 0 Å². The fraction of sp³-hybridized carbons (Fsp3) is 0.357. The van der Waals surface area contributed by atoms with Crippen LogP contribution in [0, 0.1) is 12.8 Å². The first kappa shape index (κ1) is 11.1. The smallest absolute Gasteiger partial charge is 0.166 e. The number of aryl methyl sites for hydroxylation is 1. The fourth-order valence-corrected chi connectivity index (χ4v) is 2.62. The summed E-state index contributed by atoms with van der Waals surface area (Å²) in [5, 5.41) is 4.48. The summed E-state index contributed by atoms with van der Waals surface area (Å²) in [5.74, 6) is 1.37. The van der Waals surface area contributed by atoms with E-state index in [0.29, 0.717) is 12.3 Å². The average molecular weight is 241 g/mol. The van der Waals surface area contributed by atoms with Gasteiger partial charge in [0.05, 0.1) is 17.0 Å². The van der Waals surface area contributed by atoms with E-state index in [4.69, 9.17) is 0 Å². The Hall–Kier alpha value is -1.97. The zero-order valence-corrected chi connectivity index (χ0v) is 10.6. The Labute approximate surface area is 106 Å². The molecule has 1 unspecified atom stereocenters. The monoisotopic (exact) mass is 241 g/mol. The SMILES string of the molecule is Cc1nn(-c2ccccn2)c2c1C(=O)CC(C)C2. The van der Waals surface area contributed by atoms with E-state index in [9.17, 15) is 4.79 Å². The van der Waals surface area contributed by atoms with Crippen LogP contribution in [-0.2, 0) is 6.42 Å². The van der Waals surface area contributed by atoms with Gasteiger partial charge in [0.25, 0.3) is 0 Å². The molecule has 2 aromatic heterocycles. The first-order chi connectivity index (χ1) is 8.66. The lowest BCUT2D eigenvalue weighted by atomic mass is 9.87. The molecule has 1 aliphatic carbocycles. The molecular weight excluding hydrogens is 226 g/mol.